The number of carbonyl (C=O) groups is 1. The Kier molecular flexibility index (Phi) is 9.01. The van der Waals surface area contributed by atoms with Gasteiger partial charge in [0, 0.05) is 18.4 Å². The lowest BCUT2D eigenvalue weighted by molar-refractivity contribution is -0.121. The number of hydrogen-bond acceptors (Lipinski definition) is 3. The summed E-state index contributed by atoms with van der Waals surface area (Å²) in [5, 5.41) is 3.17. The zero-order valence-corrected chi connectivity index (χ0v) is 18.9. The van der Waals surface area contributed by atoms with Gasteiger partial charge in [0.15, 0.2) is 0 Å². The Labute approximate surface area is 167 Å². The smallest absolute Gasteiger partial charge is 0.220 e. The standard InChI is InChI=1S/C23H44N2O2/c1-8-21(2,3)11-9-12-22(4,5)13-10-20(26)25-19-16-18(19)17-27-23(6,7)14-15-24/h9,11,18-19H,8,10,12-17,24H2,1-7H3,(H,25,26)/b11-9-. The number of amides is 1. The quantitative estimate of drug-likeness (QED) is 0.450. The molecule has 0 bridgehead atoms. The van der Waals surface area contributed by atoms with Crippen molar-refractivity contribution in [2.75, 3.05) is 13.2 Å². The monoisotopic (exact) mass is 380 g/mol. The van der Waals surface area contributed by atoms with Crippen molar-refractivity contribution >= 4 is 5.91 Å². The lowest BCUT2D eigenvalue weighted by Gasteiger charge is -2.25. The minimum atomic E-state index is -0.171. The molecule has 1 saturated carbocycles. The first-order chi connectivity index (χ1) is 12.4. The predicted molar refractivity (Wildman–Crippen MR) is 115 cm³/mol. The Bertz CT molecular complexity index is 495. The van der Waals surface area contributed by atoms with Crippen LogP contribution in [0.5, 0.6) is 0 Å². The molecule has 1 aliphatic carbocycles. The maximum atomic E-state index is 12.3. The molecule has 0 aromatic heterocycles. The first-order valence-electron chi connectivity index (χ1n) is 10.7. The van der Waals surface area contributed by atoms with Crippen LogP contribution in [-0.2, 0) is 9.53 Å². The number of hydrogen-bond donors (Lipinski definition) is 2. The Morgan fingerprint density at radius 1 is 1.19 bits per heavy atom. The molecule has 0 aromatic rings. The number of carbonyl (C=O) groups excluding carboxylic acids is 1. The van der Waals surface area contributed by atoms with Gasteiger partial charge in [-0.3, -0.25) is 4.79 Å². The van der Waals surface area contributed by atoms with E-state index >= 15 is 0 Å². The topological polar surface area (TPSA) is 64.3 Å². The van der Waals surface area contributed by atoms with Gasteiger partial charge in [-0.1, -0.05) is 46.8 Å². The molecule has 27 heavy (non-hydrogen) atoms. The summed E-state index contributed by atoms with van der Waals surface area (Å²) >= 11 is 0. The van der Waals surface area contributed by atoms with Crippen molar-refractivity contribution in [1.82, 2.24) is 5.32 Å². The van der Waals surface area contributed by atoms with Crippen molar-refractivity contribution in [3.63, 3.8) is 0 Å². The van der Waals surface area contributed by atoms with Crippen LogP contribution in [0, 0.1) is 16.7 Å². The average molecular weight is 381 g/mol. The van der Waals surface area contributed by atoms with Crippen LogP contribution in [0.2, 0.25) is 0 Å². The predicted octanol–water partition coefficient (Wildman–Crippen LogP) is 4.82. The van der Waals surface area contributed by atoms with Crippen molar-refractivity contribution in [3.8, 4) is 0 Å². The van der Waals surface area contributed by atoms with Gasteiger partial charge < -0.3 is 15.8 Å². The Balaban J connectivity index is 2.26. The highest BCUT2D eigenvalue weighted by atomic mass is 16.5. The van der Waals surface area contributed by atoms with E-state index in [1.807, 2.05) is 0 Å². The Morgan fingerprint density at radius 3 is 2.44 bits per heavy atom. The third kappa shape index (κ3) is 10.3. The highest BCUT2D eigenvalue weighted by Crippen LogP contribution is 2.33. The highest BCUT2D eigenvalue weighted by molar-refractivity contribution is 5.76. The van der Waals surface area contributed by atoms with Gasteiger partial charge in [-0.2, -0.15) is 0 Å². The molecule has 158 valence electrons. The molecule has 0 heterocycles. The summed E-state index contributed by atoms with van der Waals surface area (Å²) in [6.07, 6.45) is 10.2. The minimum Gasteiger partial charge on any atom is -0.375 e. The van der Waals surface area contributed by atoms with Crippen LogP contribution in [0.15, 0.2) is 12.2 Å². The molecule has 4 nitrogen and oxygen atoms in total. The Morgan fingerprint density at radius 2 is 1.85 bits per heavy atom. The van der Waals surface area contributed by atoms with Gasteiger partial charge >= 0.3 is 0 Å². The van der Waals surface area contributed by atoms with Crippen molar-refractivity contribution in [1.29, 1.82) is 0 Å². The van der Waals surface area contributed by atoms with Gasteiger partial charge in [0.05, 0.1) is 12.2 Å². The van der Waals surface area contributed by atoms with Crippen LogP contribution in [0.4, 0.5) is 0 Å². The molecule has 0 spiro atoms. The van der Waals surface area contributed by atoms with Crippen LogP contribution in [0.25, 0.3) is 0 Å². The maximum Gasteiger partial charge on any atom is 0.220 e. The van der Waals surface area contributed by atoms with Gasteiger partial charge in [0.1, 0.15) is 0 Å². The molecule has 1 rings (SSSR count). The van der Waals surface area contributed by atoms with Gasteiger partial charge in [0.25, 0.3) is 0 Å². The molecular weight excluding hydrogens is 336 g/mol. The van der Waals surface area contributed by atoms with Crippen LogP contribution in [-0.4, -0.2) is 30.7 Å². The van der Waals surface area contributed by atoms with Crippen molar-refractivity contribution in [2.45, 2.75) is 98.6 Å². The van der Waals surface area contributed by atoms with Crippen molar-refractivity contribution in [2.24, 2.45) is 22.5 Å². The largest absolute Gasteiger partial charge is 0.375 e. The molecule has 1 aliphatic rings. The summed E-state index contributed by atoms with van der Waals surface area (Å²) in [4.78, 5) is 12.3. The minimum absolute atomic E-state index is 0.149. The summed E-state index contributed by atoms with van der Waals surface area (Å²) in [7, 11) is 0. The number of ether oxygens (including phenoxy) is 1. The second-order valence-electron chi connectivity index (χ2n) is 10.4. The second-order valence-corrected chi connectivity index (χ2v) is 10.4. The number of allylic oxidation sites excluding steroid dienone is 2. The van der Waals surface area contributed by atoms with Crippen LogP contribution in [0.1, 0.15) is 87.0 Å². The molecule has 0 saturated heterocycles. The first kappa shape index (κ1) is 24.2. The zero-order valence-electron chi connectivity index (χ0n) is 18.9. The fourth-order valence-electron chi connectivity index (χ4n) is 3.01. The maximum absolute atomic E-state index is 12.3. The summed E-state index contributed by atoms with van der Waals surface area (Å²) in [5.41, 5.74) is 5.85. The summed E-state index contributed by atoms with van der Waals surface area (Å²) in [5.74, 6) is 0.632. The van der Waals surface area contributed by atoms with Crippen molar-refractivity contribution in [3.05, 3.63) is 12.2 Å². The third-order valence-corrected chi connectivity index (χ3v) is 5.88. The number of nitrogens with one attached hydrogen (secondary N) is 1. The van der Waals surface area contributed by atoms with E-state index in [1.165, 1.54) is 0 Å². The van der Waals surface area contributed by atoms with Gasteiger partial charge in [-0.25, -0.2) is 0 Å². The van der Waals surface area contributed by atoms with E-state index in [4.69, 9.17) is 10.5 Å². The fraction of sp³-hybridized carbons (Fsp3) is 0.870. The third-order valence-electron chi connectivity index (χ3n) is 5.88. The molecule has 0 aliphatic heterocycles. The average Bonchev–Trinajstić information content (AvgIpc) is 3.29. The van der Waals surface area contributed by atoms with E-state index in [0.717, 1.165) is 32.1 Å². The second kappa shape index (κ2) is 10.1. The number of nitrogens with two attached hydrogens (primary N) is 1. The summed E-state index contributed by atoms with van der Waals surface area (Å²) in [6.45, 7) is 16.7. The molecule has 2 unspecified atom stereocenters. The fourth-order valence-corrected chi connectivity index (χ4v) is 3.01. The summed E-state index contributed by atoms with van der Waals surface area (Å²) in [6, 6.07) is 0.291. The molecular formula is C23H44N2O2. The van der Waals surface area contributed by atoms with E-state index in [2.05, 4.69) is 65.9 Å². The highest BCUT2D eigenvalue weighted by Gasteiger charge is 2.39. The van der Waals surface area contributed by atoms with Crippen LogP contribution in [0.3, 0.4) is 0 Å². The molecule has 4 heteroatoms. The van der Waals surface area contributed by atoms with Crippen LogP contribution < -0.4 is 11.1 Å². The molecule has 2 atom stereocenters. The number of rotatable bonds is 13. The summed E-state index contributed by atoms with van der Waals surface area (Å²) < 4.78 is 5.96. The molecule has 1 amide bonds. The van der Waals surface area contributed by atoms with E-state index in [9.17, 15) is 4.79 Å². The van der Waals surface area contributed by atoms with Gasteiger partial charge in [-0.15, -0.1) is 0 Å². The van der Waals surface area contributed by atoms with Crippen LogP contribution >= 0.6 is 0 Å². The zero-order chi connectivity index (χ0) is 20.7. The van der Waals surface area contributed by atoms with Crippen molar-refractivity contribution < 1.29 is 9.53 Å². The SMILES string of the molecule is CCC(C)(C)/C=C\CC(C)(C)CCC(=O)NC1CC1COC(C)(C)CCN. The molecule has 0 aromatic carbocycles. The molecule has 0 radical (unpaired) electrons. The lowest BCUT2D eigenvalue weighted by Crippen LogP contribution is -2.31. The van der Waals surface area contributed by atoms with E-state index < -0.39 is 0 Å². The molecule has 3 N–H and O–H groups in total. The van der Waals surface area contributed by atoms with Gasteiger partial charge in [0.2, 0.25) is 5.91 Å². The van der Waals surface area contributed by atoms with Gasteiger partial charge in [-0.05, 0) is 63.3 Å². The Hall–Kier alpha value is -0.870. The van der Waals surface area contributed by atoms with E-state index in [1.54, 1.807) is 0 Å². The normalized spacial score (nSPS) is 20.9. The molecule has 1 fully saturated rings. The van der Waals surface area contributed by atoms with E-state index in [-0.39, 0.29) is 22.3 Å². The first-order valence-corrected chi connectivity index (χ1v) is 10.7. The lowest BCUT2D eigenvalue weighted by atomic mass is 9.82. The van der Waals surface area contributed by atoms with E-state index in [0.29, 0.717) is 31.5 Å².